The van der Waals surface area contributed by atoms with E-state index in [1.54, 1.807) is 0 Å². The molecule has 0 aliphatic heterocycles. The fourth-order valence-electron chi connectivity index (χ4n) is 2.84. The van der Waals surface area contributed by atoms with Crippen LogP contribution in [-0.2, 0) is 0 Å². The van der Waals surface area contributed by atoms with E-state index in [1.807, 2.05) is 25.3 Å². The van der Waals surface area contributed by atoms with Crippen molar-refractivity contribution in [3.05, 3.63) is 59.7 Å². The average molecular weight is 281 g/mol. The highest BCUT2D eigenvalue weighted by molar-refractivity contribution is 5.17. The Kier molecular flexibility index (Phi) is 4.30. The number of hydrogen-bond donors (Lipinski definition) is 1. The van der Waals surface area contributed by atoms with Gasteiger partial charge < -0.3 is 5.32 Å². The second kappa shape index (κ2) is 6.35. The minimum atomic E-state index is 0.289. The lowest BCUT2D eigenvalue weighted by molar-refractivity contribution is 0.389. The van der Waals surface area contributed by atoms with Crippen molar-refractivity contribution in [2.75, 3.05) is 0 Å². The van der Waals surface area contributed by atoms with Crippen molar-refractivity contribution >= 4 is 0 Å². The molecule has 0 spiro atoms. The molecule has 0 aromatic carbocycles. The third-order valence-corrected chi connectivity index (χ3v) is 4.16. The minimum absolute atomic E-state index is 0.289. The molecule has 0 saturated heterocycles. The van der Waals surface area contributed by atoms with Crippen LogP contribution in [0.4, 0.5) is 0 Å². The van der Waals surface area contributed by atoms with Gasteiger partial charge in [-0.3, -0.25) is 9.97 Å². The lowest BCUT2D eigenvalue weighted by Gasteiger charge is -2.24. The lowest BCUT2D eigenvalue weighted by atomic mass is 10.0. The maximum Gasteiger partial charge on any atom is 0.0576 e. The SMILES string of the molecule is CCC(NC(c1ccccn1)C1CC1)c1cccc(C)n1. The van der Waals surface area contributed by atoms with Gasteiger partial charge in [-0.25, -0.2) is 0 Å². The van der Waals surface area contributed by atoms with Crippen LogP contribution in [0.15, 0.2) is 42.6 Å². The number of nitrogens with one attached hydrogen (secondary N) is 1. The zero-order valence-electron chi connectivity index (χ0n) is 12.8. The van der Waals surface area contributed by atoms with Gasteiger partial charge >= 0.3 is 0 Å². The highest BCUT2D eigenvalue weighted by Crippen LogP contribution is 2.41. The van der Waals surface area contributed by atoms with E-state index in [9.17, 15) is 0 Å². The van der Waals surface area contributed by atoms with Crippen molar-refractivity contribution in [2.45, 2.75) is 45.2 Å². The molecule has 1 N–H and O–H groups in total. The monoisotopic (exact) mass is 281 g/mol. The molecule has 2 aromatic heterocycles. The molecular weight excluding hydrogens is 258 g/mol. The van der Waals surface area contributed by atoms with Crippen LogP contribution in [0, 0.1) is 12.8 Å². The summed E-state index contributed by atoms with van der Waals surface area (Å²) >= 11 is 0. The van der Waals surface area contributed by atoms with Gasteiger partial charge in [0.1, 0.15) is 0 Å². The third kappa shape index (κ3) is 3.48. The van der Waals surface area contributed by atoms with Gasteiger partial charge in [-0.15, -0.1) is 0 Å². The zero-order valence-corrected chi connectivity index (χ0v) is 12.8. The number of aromatic nitrogens is 2. The van der Waals surface area contributed by atoms with Crippen LogP contribution < -0.4 is 5.32 Å². The Morgan fingerprint density at radius 3 is 2.57 bits per heavy atom. The number of rotatable bonds is 6. The van der Waals surface area contributed by atoms with E-state index in [2.05, 4.69) is 46.5 Å². The van der Waals surface area contributed by atoms with E-state index in [0.717, 1.165) is 29.4 Å². The molecular formula is C18H23N3. The molecule has 1 aliphatic rings. The van der Waals surface area contributed by atoms with Crippen LogP contribution in [0.5, 0.6) is 0 Å². The third-order valence-electron chi connectivity index (χ3n) is 4.16. The van der Waals surface area contributed by atoms with Gasteiger partial charge in [0.2, 0.25) is 0 Å². The molecule has 2 unspecified atom stereocenters. The molecule has 2 heterocycles. The second-order valence-electron chi connectivity index (χ2n) is 5.90. The van der Waals surface area contributed by atoms with Crippen molar-refractivity contribution in [1.82, 2.24) is 15.3 Å². The largest absolute Gasteiger partial charge is 0.300 e. The Hall–Kier alpha value is -1.74. The summed E-state index contributed by atoms with van der Waals surface area (Å²) in [6, 6.07) is 13.1. The van der Waals surface area contributed by atoms with E-state index >= 15 is 0 Å². The van der Waals surface area contributed by atoms with Crippen LogP contribution in [-0.4, -0.2) is 9.97 Å². The standard InChI is InChI=1S/C18H23N3/c1-3-15(16-9-6-7-13(2)20-16)21-18(14-10-11-14)17-8-4-5-12-19-17/h4-9,12,14-15,18,21H,3,10-11H2,1-2H3. The molecule has 0 radical (unpaired) electrons. The summed E-state index contributed by atoms with van der Waals surface area (Å²) in [6.45, 7) is 4.26. The number of pyridine rings is 2. The fraction of sp³-hybridized carbons (Fsp3) is 0.444. The molecule has 0 bridgehead atoms. The Labute approximate surface area is 126 Å². The van der Waals surface area contributed by atoms with Gasteiger partial charge in [-0.05, 0) is 56.4 Å². The molecule has 1 fully saturated rings. The molecule has 21 heavy (non-hydrogen) atoms. The summed E-state index contributed by atoms with van der Waals surface area (Å²) in [6.07, 6.45) is 5.52. The van der Waals surface area contributed by atoms with Crippen LogP contribution in [0.3, 0.4) is 0 Å². The predicted molar refractivity (Wildman–Crippen MR) is 84.8 cm³/mol. The Balaban J connectivity index is 1.81. The summed E-state index contributed by atoms with van der Waals surface area (Å²) in [5.41, 5.74) is 3.37. The van der Waals surface area contributed by atoms with Gasteiger partial charge in [0.25, 0.3) is 0 Å². The first kappa shape index (κ1) is 14.2. The number of aryl methyl sites for hydroxylation is 1. The average Bonchev–Trinajstić information content (AvgIpc) is 3.34. The van der Waals surface area contributed by atoms with Crippen LogP contribution in [0.25, 0.3) is 0 Å². The second-order valence-corrected chi connectivity index (χ2v) is 5.90. The normalized spacial score (nSPS) is 17.4. The molecule has 3 rings (SSSR count). The van der Waals surface area contributed by atoms with Gasteiger partial charge in [-0.1, -0.05) is 19.1 Å². The van der Waals surface area contributed by atoms with Gasteiger partial charge in [0.15, 0.2) is 0 Å². The van der Waals surface area contributed by atoms with Crippen molar-refractivity contribution in [3.63, 3.8) is 0 Å². The molecule has 2 aromatic rings. The van der Waals surface area contributed by atoms with Gasteiger partial charge in [0, 0.05) is 17.9 Å². The van der Waals surface area contributed by atoms with E-state index in [4.69, 9.17) is 0 Å². The van der Waals surface area contributed by atoms with Gasteiger partial charge in [-0.2, -0.15) is 0 Å². The maximum atomic E-state index is 4.69. The Morgan fingerprint density at radius 1 is 1.14 bits per heavy atom. The van der Waals surface area contributed by atoms with Crippen LogP contribution in [0.1, 0.15) is 55.4 Å². The molecule has 110 valence electrons. The zero-order chi connectivity index (χ0) is 14.7. The molecule has 3 nitrogen and oxygen atoms in total. The quantitative estimate of drug-likeness (QED) is 0.870. The molecule has 1 saturated carbocycles. The highest BCUT2D eigenvalue weighted by atomic mass is 15.0. The fourth-order valence-corrected chi connectivity index (χ4v) is 2.84. The molecule has 0 amide bonds. The summed E-state index contributed by atoms with van der Waals surface area (Å²) in [5.74, 6) is 0.721. The predicted octanol–water partition coefficient (Wildman–Crippen LogP) is 3.98. The number of nitrogens with zero attached hydrogens (tertiary/aromatic N) is 2. The lowest BCUT2D eigenvalue weighted by Crippen LogP contribution is -2.29. The van der Waals surface area contributed by atoms with E-state index < -0.39 is 0 Å². The topological polar surface area (TPSA) is 37.8 Å². The van der Waals surface area contributed by atoms with E-state index in [-0.39, 0.29) is 6.04 Å². The minimum Gasteiger partial charge on any atom is -0.300 e. The first-order chi connectivity index (χ1) is 10.3. The summed E-state index contributed by atoms with van der Waals surface area (Å²) in [5, 5.41) is 3.80. The first-order valence-corrected chi connectivity index (χ1v) is 7.88. The molecule has 2 atom stereocenters. The van der Waals surface area contributed by atoms with Crippen molar-refractivity contribution in [3.8, 4) is 0 Å². The maximum absolute atomic E-state index is 4.69. The summed E-state index contributed by atoms with van der Waals surface area (Å²) < 4.78 is 0. The van der Waals surface area contributed by atoms with Gasteiger partial charge in [0.05, 0.1) is 17.4 Å². The Bertz CT molecular complexity index is 578. The molecule has 1 aliphatic carbocycles. The van der Waals surface area contributed by atoms with Crippen molar-refractivity contribution in [1.29, 1.82) is 0 Å². The molecule has 3 heteroatoms. The van der Waals surface area contributed by atoms with E-state index in [0.29, 0.717) is 6.04 Å². The van der Waals surface area contributed by atoms with Crippen molar-refractivity contribution in [2.24, 2.45) is 5.92 Å². The van der Waals surface area contributed by atoms with Crippen molar-refractivity contribution < 1.29 is 0 Å². The summed E-state index contributed by atoms with van der Waals surface area (Å²) in [7, 11) is 0. The van der Waals surface area contributed by atoms with E-state index in [1.165, 1.54) is 12.8 Å². The summed E-state index contributed by atoms with van der Waals surface area (Å²) in [4.78, 5) is 9.24. The van der Waals surface area contributed by atoms with Crippen LogP contribution in [0.2, 0.25) is 0 Å². The Morgan fingerprint density at radius 2 is 1.95 bits per heavy atom. The number of hydrogen-bond acceptors (Lipinski definition) is 3. The smallest absolute Gasteiger partial charge is 0.0576 e. The highest BCUT2D eigenvalue weighted by Gasteiger charge is 2.34. The van der Waals surface area contributed by atoms with Crippen LogP contribution >= 0.6 is 0 Å². The first-order valence-electron chi connectivity index (χ1n) is 7.88.